The van der Waals surface area contributed by atoms with Gasteiger partial charge in [0.25, 0.3) is 0 Å². The summed E-state index contributed by atoms with van der Waals surface area (Å²) in [5.41, 5.74) is 5.18. The van der Waals surface area contributed by atoms with E-state index in [2.05, 4.69) is 128 Å². The maximum Gasteiger partial charge on any atom is 0.188 e. The van der Waals surface area contributed by atoms with Crippen molar-refractivity contribution in [1.29, 1.82) is 0 Å². The van der Waals surface area contributed by atoms with Crippen molar-refractivity contribution in [2.24, 2.45) is 0 Å². The minimum atomic E-state index is 0.673. The van der Waals surface area contributed by atoms with Crippen LogP contribution in [0.5, 0.6) is 0 Å². The van der Waals surface area contributed by atoms with E-state index in [1.807, 2.05) is 12.1 Å². The summed E-state index contributed by atoms with van der Waals surface area (Å²) in [7, 11) is 0. The fraction of sp³-hybridized carbons (Fsp3) is 0.267. The molecule has 6 nitrogen and oxygen atoms in total. The fourth-order valence-corrected chi connectivity index (χ4v) is 5.16. The zero-order valence-electron chi connectivity index (χ0n) is 21.3. The number of hydrogen-bond donors (Lipinski definition) is 2. The molecule has 0 fully saturated rings. The van der Waals surface area contributed by atoms with Crippen molar-refractivity contribution in [2.45, 2.75) is 61.9 Å². The minimum Gasteiger partial charge on any atom is -0.306 e. The quantitative estimate of drug-likeness (QED) is 0.205. The third-order valence-electron chi connectivity index (χ3n) is 6.85. The summed E-state index contributed by atoms with van der Waals surface area (Å²) in [6, 6.07) is 29.8. The van der Waals surface area contributed by atoms with Gasteiger partial charge in [-0.1, -0.05) is 84.9 Å². The van der Waals surface area contributed by atoms with E-state index < -0.39 is 0 Å². The molecule has 0 radical (unpaired) electrons. The second-order valence-corrected chi connectivity index (χ2v) is 10.2. The first kappa shape index (κ1) is 26.3. The van der Waals surface area contributed by atoms with Gasteiger partial charge < -0.3 is 9.13 Å². The monoisotopic (exact) mass is 540 g/mol. The zero-order valence-corrected chi connectivity index (χ0v) is 23.1. The normalized spacial score (nSPS) is 11.2. The van der Waals surface area contributed by atoms with Crippen LogP contribution in [0.1, 0.15) is 33.9 Å². The van der Waals surface area contributed by atoms with E-state index in [0.29, 0.717) is 10.3 Å². The lowest BCUT2D eigenvalue weighted by Crippen LogP contribution is -2.08. The Morgan fingerprint density at radius 2 is 0.789 bits per heavy atom. The number of aryl methyl sites for hydroxylation is 6. The first-order chi connectivity index (χ1) is 18.7. The molecule has 0 bridgehead atoms. The van der Waals surface area contributed by atoms with Gasteiger partial charge in [-0.15, -0.1) is 45.7 Å². The Morgan fingerprint density at radius 1 is 0.421 bits per heavy atom. The second-order valence-electron chi connectivity index (χ2n) is 9.42. The highest BCUT2D eigenvalue weighted by Crippen LogP contribution is 2.15. The van der Waals surface area contributed by atoms with Crippen molar-refractivity contribution in [3.63, 3.8) is 0 Å². The first-order valence-electron chi connectivity index (χ1n) is 13.0. The van der Waals surface area contributed by atoms with E-state index in [9.17, 15) is 0 Å². The molecule has 0 aliphatic carbocycles. The minimum absolute atomic E-state index is 0.673. The van der Waals surface area contributed by atoms with Gasteiger partial charge in [-0.05, 0) is 47.9 Å². The molecule has 8 heteroatoms. The molecule has 0 aliphatic rings. The van der Waals surface area contributed by atoms with Gasteiger partial charge in [-0.3, -0.25) is 0 Å². The number of nitrogens with zero attached hydrogens (tertiary/aromatic N) is 6. The van der Waals surface area contributed by atoms with Crippen LogP contribution in [-0.2, 0) is 51.6 Å². The summed E-state index contributed by atoms with van der Waals surface area (Å²) in [6.45, 7) is 1.65. The van der Waals surface area contributed by atoms with Crippen LogP contribution in [-0.4, -0.2) is 29.5 Å². The number of hydrogen-bond acceptors (Lipinski definition) is 6. The Balaban J connectivity index is 1.13. The van der Waals surface area contributed by atoms with Crippen LogP contribution >= 0.6 is 25.3 Å². The molecule has 0 saturated heterocycles. The van der Waals surface area contributed by atoms with Gasteiger partial charge >= 0.3 is 0 Å². The van der Waals surface area contributed by atoms with E-state index >= 15 is 0 Å². The van der Waals surface area contributed by atoms with Gasteiger partial charge in [0.1, 0.15) is 11.6 Å². The highest BCUT2D eigenvalue weighted by atomic mass is 32.1. The number of aromatic nitrogens is 6. The topological polar surface area (TPSA) is 61.4 Å². The molecule has 0 saturated carbocycles. The summed E-state index contributed by atoms with van der Waals surface area (Å²) in [5, 5.41) is 18.5. The molecule has 0 N–H and O–H groups in total. The van der Waals surface area contributed by atoms with Crippen molar-refractivity contribution in [3.05, 3.63) is 119 Å². The molecule has 0 atom stereocenters. The summed E-state index contributed by atoms with van der Waals surface area (Å²) < 4.78 is 4.24. The molecule has 2 heterocycles. The molecule has 38 heavy (non-hydrogen) atoms. The Hall–Kier alpha value is -3.36. The van der Waals surface area contributed by atoms with Crippen molar-refractivity contribution in [1.82, 2.24) is 29.5 Å². The molecule has 194 valence electrons. The van der Waals surface area contributed by atoms with Crippen molar-refractivity contribution in [3.8, 4) is 0 Å². The van der Waals surface area contributed by atoms with E-state index in [1.54, 1.807) is 0 Å². The predicted octanol–water partition coefficient (Wildman–Crippen LogP) is 5.50. The lowest BCUT2D eigenvalue weighted by molar-refractivity contribution is 0.600. The second kappa shape index (κ2) is 12.9. The molecular weight excluding hydrogens is 509 g/mol. The molecule has 5 rings (SSSR count). The van der Waals surface area contributed by atoms with Gasteiger partial charge in [-0.2, -0.15) is 0 Å². The Morgan fingerprint density at radius 3 is 1.18 bits per heavy atom. The molecule has 3 aromatic carbocycles. The van der Waals surface area contributed by atoms with Crippen LogP contribution in [0.3, 0.4) is 0 Å². The Labute approximate surface area is 235 Å². The number of thiol groups is 2. The lowest BCUT2D eigenvalue weighted by atomic mass is 10.0. The summed E-state index contributed by atoms with van der Waals surface area (Å²) >= 11 is 9.05. The lowest BCUT2D eigenvalue weighted by Gasteiger charge is -2.10. The van der Waals surface area contributed by atoms with Crippen molar-refractivity contribution in [2.75, 3.05) is 0 Å². The average Bonchev–Trinajstić information content (AvgIpc) is 3.50. The molecule has 0 unspecified atom stereocenters. The standard InChI is InChI=1S/C30H32N6S2/c37-29-33-31-27(35(29)21-19-23-7-3-1-4-8-23)17-15-25-11-13-26(14-12-25)16-18-28-32-34-30(38)36(28)22-20-24-9-5-2-6-10-24/h1-14H,15-22H2,(H,33,37)(H,34,38). The molecular formula is C30H32N6S2. The van der Waals surface area contributed by atoms with Crippen molar-refractivity contribution < 1.29 is 0 Å². The van der Waals surface area contributed by atoms with Crippen LogP contribution in [0.15, 0.2) is 95.2 Å². The molecule has 0 aliphatic heterocycles. The Bertz CT molecular complexity index is 1320. The number of benzene rings is 3. The number of rotatable bonds is 12. The van der Waals surface area contributed by atoms with E-state index in [4.69, 9.17) is 0 Å². The van der Waals surface area contributed by atoms with Gasteiger partial charge in [0.15, 0.2) is 10.3 Å². The summed E-state index contributed by atoms with van der Waals surface area (Å²) in [6.07, 6.45) is 5.35. The molecule has 0 spiro atoms. The highest BCUT2D eigenvalue weighted by molar-refractivity contribution is 7.80. The SMILES string of the molecule is Sc1nnc(CCc2ccc(CCc3nnc(S)n3CCc3ccccc3)cc2)n1CCc1ccccc1. The first-order valence-corrected chi connectivity index (χ1v) is 13.9. The molecule has 0 amide bonds. The zero-order chi connectivity index (χ0) is 26.2. The average molecular weight is 541 g/mol. The largest absolute Gasteiger partial charge is 0.306 e. The van der Waals surface area contributed by atoms with Gasteiger partial charge in [-0.25, -0.2) is 0 Å². The summed E-state index contributed by atoms with van der Waals surface area (Å²) in [5.74, 6) is 1.96. The van der Waals surface area contributed by atoms with E-state index in [-0.39, 0.29) is 0 Å². The summed E-state index contributed by atoms with van der Waals surface area (Å²) in [4.78, 5) is 0. The van der Waals surface area contributed by atoms with E-state index in [1.165, 1.54) is 22.3 Å². The third-order valence-corrected chi connectivity index (χ3v) is 7.51. The van der Waals surface area contributed by atoms with Crippen LogP contribution in [0.25, 0.3) is 0 Å². The van der Waals surface area contributed by atoms with Gasteiger partial charge in [0, 0.05) is 25.9 Å². The predicted molar refractivity (Wildman–Crippen MR) is 156 cm³/mol. The fourth-order valence-electron chi connectivity index (χ4n) is 4.64. The Kier molecular flexibility index (Phi) is 8.94. The van der Waals surface area contributed by atoms with Crippen LogP contribution < -0.4 is 0 Å². The molecule has 5 aromatic rings. The van der Waals surface area contributed by atoms with Crippen LogP contribution in [0.4, 0.5) is 0 Å². The van der Waals surface area contributed by atoms with Crippen molar-refractivity contribution >= 4 is 25.3 Å². The maximum atomic E-state index is 4.53. The van der Waals surface area contributed by atoms with E-state index in [0.717, 1.165) is 63.3 Å². The van der Waals surface area contributed by atoms with Crippen LogP contribution in [0, 0.1) is 0 Å². The molecule has 2 aromatic heterocycles. The van der Waals surface area contributed by atoms with Gasteiger partial charge in [0.05, 0.1) is 0 Å². The van der Waals surface area contributed by atoms with Gasteiger partial charge in [0.2, 0.25) is 0 Å². The van der Waals surface area contributed by atoms with Crippen LogP contribution in [0.2, 0.25) is 0 Å². The highest BCUT2D eigenvalue weighted by Gasteiger charge is 2.12. The maximum absolute atomic E-state index is 4.53. The third kappa shape index (κ3) is 6.94. The smallest absolute Gasteiger partial charge is 0.188 e.